The van der Waals surface area contributed by atoms with E-state index in [1.807, 2.05) is 6.07 Å². The third-order valence-electron chi connectivity index (χ3n) is 7.38. The van der Waals surface area contributed by atoms with Crippen molar-refractivity contribution in [3.63, 3.8) is 0 Å². The number of aliphatic hydroxyl groups is 1. The first-order valence-corrected chi connectivity index (χ1v) is 14.8. The van der Waals surface area contributed by atoms with Crippen LogP contribution < -0.4 is 15.7 Å². The first kappa shape index (κ1) is 26.3. The van der Waals surface area contributed by atoms with Crippen LogP contribution in [0.3, 0.4) is 0 Å². The van der Waals surface area contributed by atoms with Crippen LogP contribution in [0.15, 0.2) is 62.6 Å². The Labute approximate surface area is 222 Å². The van der Waals surface area contributed by atoms with Gasteiger partial charge in [0.2, 0.25) is 0 Å². The molecule has 2 aliphatic carbocycles. The molecular formula is C29H34N2O6S. The molecule has 38 heavy (non-hydrogen) atoms. The standard InChI is InChI=1S/C29H34N2O6S/c32-16-15-30-21-8-6-10-23(18-21)38(35,36)31-22-9-5-7-20(17-22)26(19-13-14-19)27-28(33)24-11-3-1-2-4-12-25(24)37-29(27)34/h5-10,17-19,26,30-33H,1-4,11-16H2. The van der Waals surface area contributed by atoms with Crippen molar-refractivity contribution >= 4 is 21.4 Å². The van der Waals surface area contributed by atoms with E-state index < -0.39 is 15.6 Å². The van der Waals surface area contributed by atoms with Crippen LogP contribution in [0.4, 0.5) is 11.4 Å². The summed E-state index contributed by atoms with van der Waals surface area (Å²) in [5.41, 5.74) is 2.25. The van der Waals surface area contributed by atoms with E-state index in [9.17, 15) is 18.3 Å². The molecule has 1 fully saturated rings. The van der Waals surface area contributed by atoms with Crippen molar-refractivity contribution in [1.29, 1.82) is 0 Å². The molecule has 0 radical (unpaired) electrons. The summed E-state index contributed by atoms with van der Waals surface area (Å²) in [6, 6.07) is 13.4. The number of benzene rings is 2. The summed E-state index contributed by atoms with van der Waals surface area (Å²) in [5.74, 6) is 0.449. The third kappa shape index (κ3) is 5.73. The minimum absolute atomic E-state index is 0.0493. The lowest BCUT2D eigenvalue weighted by Gasteiger charge is -2.22. The number of hydrogen-bond acceptors (Lipinski definition) is 7. The summed E-state index contributed by atoms with van der Waals surface area (Å²) in [6.07, 6.45) is 7.22. The molecule has 2 aromatic carbocycles. The molecule has 0 aliphatic heterocycles. The van der Waals surface area contributed by atoms with Gasteiger partial charge in [0.15, 0.2) is 0 Å². The Balaban J connectivity index is 1.47. The Hall–Kier alpha value is -3.30. The van der Waals surface area contributed by atoms with Gasteiger partial charge in [-0.3, -0.25) is 4.72 Å². The van der Waals surface area contributed by atoms with Crippen LogP contribution in [-0.2, 0) is 22.9 Å². The van der Waals surface area contributed by atoms with Crippen molar-refractivity contribution in [2.24, 2.45) is 5.92 Å². The fourth-order valence-electron chi connectivity index (χ4n) is 5.38. The van der Waals surface area contributed by atoms with Crippen LogP contribution in [0.25, 0.3) is 0 Å². The first-order valence-electron chi connectivity index (χ1n) is 13.3. The minimum Gasteiger partial charge on any atom is -0.507 e. The molecule has 5 rings (SSSR count). The molecule has 2 aliphatic rings. The van der Waals surface area contributed by atoms with Crippen molar-refractivity contribution in [3.8, 4) is 5.75 Å². The van der Waals surface area contributed by atoms with Gasteiger partial charge in [0.1, 0.15) is 11.5 Å². The molecule has 0 amide bonds. The molecule has 0 bridgehead atoms. The second-order valence-electron chi connectivity index (χ2n) is 10.2. The number of hydrogen-bond donors (Lipinski definition) is 4. The molecule has 0 spiro atoms. The lowest BCUT2D eigenvalue weighted by atomic mass is 9.85. The lowest BCUT2D eigenvalue weighted by molar-refractivity contribution is 0.311. The highest BCUT2D eigenvalue weighted by Crippen LogP contribution is 2.49. The Morgan fingerprint density at radius 3 is 2.47 bits per heavy atom. The highest BCUT2D eigenvalue weighted by atomic mass is 32.2. The van der Waals surface area contributed by atoms with Gasteiger partial charge in [-0.15, -0.1) is 0 Å². The summed E-state index contributed by atoms with van der Waals surface area (Å²) >= 11 is 0. The van der Waals surface area contributed by atoms with Gasteiger partial charge in [-0.05, 0) is 73.9 Å². The maximum Gasteiger partial charge on any atom is 0.343 e. The molecule has 1 aromatic heterocycles. The monoisotopic (exact) mass is 538 g/mol. The van der Waals surface area contributed by atoms with Crippen LogP contribution in [0.1, 0.15) is 66.9 Å². The minimum atomic E-state index is -3.89. The van der Waals surface area contributed by atoms with Gasteiger partial charge in [0.05, 0.1) is 17.1 Å². The first-order chi connectivity index (χ1) is 18.4. The second-order valence-corrected chi connectivity index (χ2v) is 11.9. The molecule has 1 unspecified atom stereocenters. The highest BCUT2D eigenvalue weighted by Gasteiger charge is 2.38. The Kier molecular flexibility index (Phi) is 7.76. The van der Waals surface area contributed by atoms with Gasteiger partial charge in [-0.1, -0.05) is 31.0 Å². The van der Waals surface area contributed by atoms with Gasteiger partial charge < -0.3 is 19.9 Å². The Morgan fingerprint density at radius 2 is 1.71 bits per heavy atom. The zero-order valence-corrected chi connectivity index (χ0v) is 22.1. The predicted octanol–water partition coefficient (Wildman–Crippen LogP) is 4.75. The fourth-order valence-corrected chi connectivity index (χ4v) is 6.48. The van der Waals surface area contributed by atoms with Crippen molar-refractivity contribution in [3.05, 3.63) is 81.4 Å². The smallest absolute Gasteiger partial charge is 0.343 e. The van der Waals surface area contributed by atoms with E-state index in [1.54, 1.807) is 30.3 Å². The predicted molar refractivity (Wildman–Crippen MR) is 146 cm³/mol. The number of aliphatic hydroxyl groups excluding tert-OH is 1. The molecule has 8 nitrogen and oxygen atoms in total. The number of anilines is 2. The zero-order chi connectivity index (χ0) is 26.7. The molecule has 0 saturated heterocycles. The van der Waals surface area contributed by atoms with Gasteiger partial charge in [0, 0.05) is 35.8 Å². The number of aryl methyl sites for hydroxylation is 1. The molecular weight excluding hydrogens is 504 g/mol. The molecule has 202 valence electrons. The van der Waals surface area contributed by atoms with Crippen LogP contribution in [0.2, 0.25) is 0 Å². The topological polar surface area (TPSA) is 129 Å². The van der Waals surface area contributed by atoms with Crippen molar-refractivity contribution in [2.75, 3.05) is 23.2 Å². The van der Waals surface area contributed by atoms with E-state index in [-0.39, 0.29) is 34.7 Å². The summed E-state index contributed by atoms with van der Waals surface area (Å²) in [4.78, 5) is 13.3. The number of sulfonamides is 1. The van der Waals surface area contributed by atoms with E-state index >= 15 is 0 Å². The number of rotatable bonds is 9. The molecule has 9 heteroatoms. The maximum atomic E-state index is 13.2. The van der Waals surface area contributed by atoms with Crippen LogP contribution in [-0.4, -0.2) is 31.8 Å². The van der Waals surface area contributed by atoms with Crippen LogP contribution in [0.5, 0.6) is 5.75 Å². The average Bonchev–Trinajstić information content (AvgIpc) is 3.72. The van der Waals surface area contributed by atoms with Crippen LogP contribution in [0, 0.1) is 5.92 Å². The molecule has 1 saturated carbocycles. The summed E-state index contributed by atoms with van der Waals surface area (Å²) in [5, 5.41) is 23.3. The normalized spacial score (nSPS) is 16.7. The van der Waals surface area contributed by atoms with Gasteiger partial charge in [-0.2, -0.15) is 0 Å². The lowest BCUT2D eigenvalue weighted by Crippen LogP contribution is -2.19. The van der Waals surface area contributed by atoms with Crippen molar-refractivity contribution in [1.82, 2.24) is 0 Å². The van der Waals surface area contributed by atoms with E-state index in [1.165, 1.54) is 12.1 Å². The molecule has 1 atom stereocenters. The fraction of sp³-hybridized carbons (Fsp3) is 0.414. The van der Waals surface area contributed by atoms with Crippen molar-refractivity contribution in [2.45, 2.75) is 62.2 Å². The average molecular weight is 539 g/mol. The Morgan fingerprint density at radius 1 is 0.974 bits per heavy atom. The van der Waals surface area contributed by atoms with Gasteiger partial charge in [-0.25, -0.2) is 13.2 Å². The third-order valence-corrected chi connectivity index (χ3v) is 8.76. The second kappa shape index (κ2) is 11.2. The van der Waals surface area contributed by atoms with Gasteiger partial charge in [0.25, 0.3) is 10.0 Å². The molecule has 1 heterocycles. The molecule has 3 aromatic rings. The zero-order valence-electron chi connectivity index (χ0n) is 21.3. The Bertz CT molecular complexity index is 1460. The van der Waals surface area contributed by atoms with E-state index in [4.69, 9.17) is 9.52 Å². The SMILES string of the molecule is O=c1oc2c(c(O)c1C(c1cccc(NS(=O)(=O)c3cccc(NCCO)c3)c1)C1CC1)CCCCCC2. The maximum absolute atomic E-state index is 13.2. The van der Waals surface area contributed by atoms with Crippen molar-refractivity contribution < 1.29 is 23.0 Å². The largest absolute Gasteiger partial charge is 0.507 e. The highest BCUT2D eigenvalue weighted by molar-refractivity contribution is 7.92. The van der Waals surface area contributed by atoms with E-state index in [0.29, 0.717) is 36.5 Å². The molecule has 4 N–H and O–H groups in total. The summed E-state index contributed by atoms with van der Waals surface area (Å²) in [7, 11) is -3.89. The number of aromatic hydroxyl groups is 1. The van der Waals surface area contributed by atoms with E-state index in [0.717, 1.165) is 49.7 Å². The summed E-state index contributed by atoms with van der Waals surface area (Å²) in [6.45, 7) is 0.243. The van der Waals surface area contributed by atoms with E-state index in [2.05, 4.69) is 10.0 Å². The number of nitrogens with one attached hydrogen (secondary N) is 2. The van der Waals surface area contributed by atoms with Gasteiger partial charge >= 0.3 is 5.63 Å². The summed E-state index contributed by atoms with van der Waals surface area (Å²) < 4.78 is 34.8. The number of fused-ring (bicyclic) bond motifs is 1. The van der Waals surface area contributed by atoms with Crippen LogP contribution >= 0.6 is 0 Å². The quantitative estimate of drug-likeness (QED) is 0.309.